The number of nitrogens with zero attached hydrogens (tertiary/aromatic N) is 2. The zero-order chi connectivity index (χ0) is 8.39. The van der Waals surface area contributed by atoms with Gasteiger partial charge in [-0.1, -0.05) is 6.07 Å². The molecule has 1 N–H and O–H groups in total. The van der Waals surface area contributed by atoms with E-state index in [9.17, 15) is 5.11 Å². The van der Waals surface area contributed by atoms with Gasteiger partial charge in [0.15, 0.2) is 0 Å². The van der Waals surface area contributed by atoms with Gasteiger partial charge in [0, 0.05) is 18.9 Å². The molecule has 0 atom stereocenters. The molecule has 0 spiro atoms. The Kier molecular flexibility index (Phi) is 1.63. The summed E-state index contributed by atoms with van der Waals surface area (Å²) in [6, 6.07) is 5.19. The molecule has 60 valence electrons. The molecule has 0 saturated heterocycles. The predicted molar refractivity (Wildman–Crippen MR) is 49.0 cm³/mol. The lowest BCUT2D eigenvalue weighted by Gasteiger charge is -1.99. The summed E-state index contributed by atoms with van der Waals surface area (Å²) in [7, 11) is 0. The van der Waals surface area contributed by atoms with Crippen LogP contribution in [0.25, 0.3) is 0 Å². The predicted octanol–water partition coefficient (Wildman–Crippen LogP) is 2.20. The third kappa shape index (κ3) is 1.09. The van der Waals surface area contributed by atoms with Crippen LogP contribution in [0.2, 0.25) is 0 Å². The molecule has 0 saturated carbocycles. The maximum Gasteiger partial charge on any atom is 0.143 e. The third-order valence-electron chi connectivity index (χ3n) is 1.66. The van der Waals surface area contributed by atoms with Gasteiger partial charge >= 0.3 is 0 Å². The minimum Gasteiger partial charge on any atom is -0.506 e. The Balaban J connectivity index is 2.65. The Bertz CT molecular complexity index is 356. The van der Waals surface area contributed by atoms with Crippen molar-refractivity contribution in [2.24, 2.45) is 9.98 Å². The lowest BCUT2D eigenvalue weighted by Crippen LogP contribution is -1.70. The average Bonchev–Trinajstić information content (AvgIpc) is 2.30. The molecule has 0 fully saturated rings. The van der Waals surface area contributed by atoms with E-state index in [4.69, 9.17) is 0 Å². The molecule has 1 aromatic rings. The SMILES string of the molecule is Oc1cccc2c1N=CCC=N2. The lowest BCUT2D eigenvalue weighted by molar-refractivity contribution is 0.477. The molecule has 3 nitrogen and oxygen atoms in total. The van der Waals surface area contributed by atoms with Gasteiger partial charge in [0.1, 0.15) is 11.4 Å². The van der Waals surface area contributed by atoms with Gasteiger partial charge in [-0.25, -0.2) is 0 Å². The van der Waals surface area contributed by atoms with Crippen molar-refractivity contribution in [3.63, 3.8) is 0 Å². The Morgan fingerprint density at radius 1 is 1.17 bits per heavy atom. The number of hydrogen-bond donors (Lipinski definition) is 1. The van der Waals surface area contributed by atoms with Gasteiger partial charge in [0.2, 0.25) is 0 Å². The monoisotopic (exact) mass is 160 g/mol. The van der Waals surface area contributed by atoms with E-state index in [0.29, 0.717) is 12.1 Å². The van der Waals surface area contributed by atoms with Crippen LogP contribution < -0.4 is 0 Å². The molecule has 3 heteroatoms. The average molecular weight is 160 g/mol. The van der Waals surface area contributed by atoms with Crippen molar-refractivity contribution in [2.45, 2.75) is 6.42 Å². The van der Waals surface area contributed by atoms with E-state index >= 15 is 0 Å². The van der Waals surface area contributed by atoms with E-state index in [1.54, 1.807) is 24.6 Å². The number of aromatic hydroxyl groups is 1. The topological polar surface area (TPSA) is 45.0 Å². The van der Waals surface area contributed by atoms with E-state index in [0.717, 1.165) is 5.69 Å². The van der Waals surface area contributed by atoms with E-state index in [2.05, 4.69) is 9.98 Å². The fourth-order valence-electron chi connectivity index (χ4n) is 1.10. The number of aliphatic imine (C=N–C) groups is 2. The first-order chi connectivity index (χ1) is 5.88. The molecule has 1 aromatic carbocycles. The molecule has 0 aliphatic carbocycles. The van der Waals surface area contributed by atoms with Crippen LogP contribution in [-0.2, 0) is 0 Å². The Morgan fingerprint density at radius 3 is 2.92 bits per heavy atom. The van der Waals surface area contributed by atoms with Crippen LogP contribution in [0, 0.1) is 0 Å². The van der Waals surface area contributed by atoms with E-state index in [1.165, 1.54) is 0 Å². The molecule has 2 rings (SSSR count). The molecule has 0 amide bonds. The van der Waals surface area contributed by atoms with Crippen molar-refractivity contribution >= 4 is 23.8 Å². The van der Waals surface area contributed by atoms with Crippen molar-refractivity contribution in [3.8, 4) is 5.75 Å². The minimum atomic E-state index is 0.183. The maximum absolute atomic E-state index is 9.39. The summed E-state index contributed by atoms with van der Waals surface area (Å²) >= 11 is 0. The maximum atomic E-state index is 9.39. The Morgan fingerprint density at radius 2 is 2.00 bits per heavy atom. The fourth-order valence-corrected chi connectivity index (χ4v) is 1.10. The van der Waals surface area contributed by atoms with Crippen molar-refractivity contribution < 1.29 is 5.11 Å². The summed E-state index contributed by atoms with van der Waals surface area (Å²) in [4.78, 5) is 8.22. The number of phenols is 1. The van der Waals surface area contributed by atoms with Crippen LogP contribution in [0.15, 0.2) is 28.2 Å². The zero-order valence-corrected chi connectivity index (χ0v) is 6.44. The van der Waals surface area contributed by atoms with Crippen LogP contribution >= 0.6 is 0 Å². The van der Waals surface area contributed by atoms with E-state index < -0.39 is 0 Å². The molecule has 0 bridgehead atoms. The second-order valence-corrected chi connectivity index (χ2v) is 2.50. The Labute approximate surface area is 70.1 Å². The second-order valence-electron chi connectivity index (χ2n) is 2.50. The first kappa shape index (κ1) is 7.03. The fraction of sp³-hybridized carbons (Fsp3) is 0.111. The summed E-state index contributed by atoms with van der Waals surface area (Å²) in [6.45, 7) is 0. The van der Waals surface area contributed by atoms with Crippen molar-refractivity contribution in [1.29, 1.82) is 0 Å². The molecule has 0 unspecified atom stereocenters. The molecule has 1 aliphatic heterocycles. The van der Waals surface area contributed by atoms with Gasteiger partial charge in [-0.3, -0.25) is 9.98 Å². The lowest BCUT2D eigenvalue weighted by atomic mass is 10.2. The number of fused-ring (bicyclic) bond motifs is 1. The van der Waals surface area contributed by atoms with Crippen LogP contribution in [0.5, 0.6) is 5.75 Å². The molecule has 1 aliphatic rings. The minimum absolute atomic E-state index is 0.183. The highest BCUT2D eigenvalue weighted by Gasteiger charge is 2.05. The number of benzene rings is 1. The number of para-hydroxylation sites is 1. The van der Waals surface area contributed by atoms with Crippen LogP contribution in [0.3, 0.4) is 0 Å². The summed E-state index contributed by atoms with van der Waals surface area (Å²) in [5.74, 6) is 0.183. The largest absolute Gasteiger partial charge is 0.506 e. The molecule has 12 heavy (non-hydrogen) atoms. The highest BCUT2D eigenvalue weighted by atomic mass is 16.3. The van der Waals surface area contributed by atoms with Gasteiger partial charge in [0.25, 0.3) is 0 Å². The molecular weight excluding hydrogens is 152 g/mol. The van der Waals surface area contributed by atoms with Crippen molar-refractivity contribution in [1.82, 2.24) is 0 Å². The normalized spacial score (nSPS) is 14.0. The second kappa shape index (κ2) is 2.77. The first-order valence-corrected chi connectivity index (χ1v) is 3.75. The van der Waals surface area contributed by atoms with Gasteiger partial charge in [-0.05, 0) is 12.1 Å². The van der Waals surface area contributed by atoms with Gasteiger partial charge in [-0.15, -0.1) is 0 Å². The molecule has 1 heterocycles. The third-order valence-corrected chi connectivity index (χ3v) is 1.66. The number of hydrogen-bond acceptors (Lipinski definition) is 3. The summed E-state index contributed by atoms with van der Waals surface area (Å²) < 4.78 is 0. The van der Waals surface area contributed by atoms with Crippen molar-refractivity contribution in [2.75, 3.05) is 0 Å². The standard InChI is InChI=1S/C9H8N2O/c12-8-4-1-3-7-9(8)11-6-2-5-10-7/h1,3-6,12H,2H2. The van der Waals surface area contributed by atoms with Gasteiger partial charge < -0.3 is 5.11 Å². The highest BCUT2D eigenvalue weighted by molar-refractivity contribution is 5.88. The van der Waals surface area contributed by atoms with Crippen LogP contribution in [-0.4, -0.2) is 17.5 Å². The van der Waals surface area contributed by atoms with Gasteiger partial charge in [0.05, 0.1) is 5.69 Å². The number of phenolic OH excluding ortho intramolecular Hbond substituents is 1. The molecule has 0 aromatic heterocycles. The number of rotatable bonds is 0. The molecule has 0 radical (unpaired) electrons. The summed E-state index contributed by atoms with van der Waals surface area (Å²) in [6.07, 6.45) is 4.22. The van der Waals surface area contributed by atoms with Crippen LogP contribution in [0.1, 0.15) is 6.42 Å². The zero-order valence-electron chi connectivity index (χ0n) is 6.44. The highest BCUT2D eigenvalue weighted by Crippen LogP contribution is 2.36. The van der Waals surface area contributed by atoms with Gasteiger partial charge in [-0.2, -0.15) is 0 Å². The van der Waals surface area contributed by atoms with E-state index in [1.807, 2.05) is 6.07 Å². The first-order valence-electron chi connectivity index (χ1n) is 3.75. The quantitative estimate of drug-likeness (QED) is 0.621. The smallest absolute Gasteiger partial charge is 0.143 e. The van der Waals surface area contributed by atoms with E-state index in [-0.39, 0.29) is 5.75 Å². The summed E-state index contributed by atoms with van der Waals surface area (Å²) in [5, 5.41) is 9.39. The Hall–Kier alpha value is -1.64. The summed E-state index contributed by atoms with van der Waals surface area (Å²) in [5.41, 5.74) is 1.29. The van der Waals surface area contributed by atoms with Crippen molar-refractivity contribution in [3.05, 3.63) is 18.2 Å². The molecular formula is C9H8N2O. The van der Waals surface area contributed by atoms with Crippen LogP contribution in [0.4, 0.5) is 11.4 Å².